The first kappa shape index (κ1) is 31.3. The molecule has 0 saturated heterocycles. The van der Waals surface area contributed by atoms with Gasteiger partial charge in [0.2, 0.25) is 0 Å². The maximum absolute atomic E-state index is 12.6. The Labute approximate surface area is 246 Å². The van der Waals surface area contributed by atoms with Gasteiger partial charge in [-0.15, -0.1) is 10.2 Å². The van der Waals surface area contributed by atoms with Crippen molar-refractivity contribution in [3.05, 3.63) is 130 Å². The van der Waals surface area contributed by atoms with Gasteiger partial charge in [0.15, 0.2) is 0 Å². The van der Waals surface area contributed by atoms with E-state index in [1.165, 1.54) is 18.3 Å². The molecular weight excluding hydrogens is 601 g/mol. The molecule has 0 N–H and O–H groups in total. The molecule has 0 atom stereocenters. The molecule has 0 aliphatic heterocycles. The van der Waals surface area contributed by atoms with E-state index >= 15 is 0 Å². The van der Waals surface area contributed by atoms with Crippen LogP contribution in [0.25, 0.3) is 11.0 Å². The minimum Gasteiger partial charge on any atom is -0.872 e. The number of nitrogens with zero attached hydrogens (tertiary/aromatic N) is 3. The summed E-state index contributed by atoms with van der Waals surface area (Å²) in [4.78, 5) is 25.9. The SMILES string of the molecule is Cc1cc(=O)oc2c(C=Nc3ccccc3N=C(c3ccccc3)c3ccccn3)c([O-])ccc12.[Cu+2].[O-][Cl+3]([O-])([O-])[O-]. The third-order valence-electron chi connectivity index (χ3n) is 5.52. The fourth-order valence-electron chi connectivity index (χ4n) is 3.80. The molecule has 0 bridgehead atoms. The van der Waals surface area contributed by atoms with Gasteiger partial charge in [-0.05, 0) is 36.8 Å². The van der Waals surface area contributed by atoms with Gasteiger partial charge in [-0.3, -0.25) is 9.98 Å². The van der Waals surface area contributed by atoms with Crippen molar-refractivity contribution in [3.63, 3.8) is 0 Å². The Kier molecular flexibility index (Phi) is 10.6. The molecule has 1 radical (unpaired) electrons. The van der Waals surface area contributed by atoms with E-state index in [2.05, 4.69) is 9.98 Å². The maximum atomic E-state index is 12.6. The first-order valence-electron chi connectivity index (χ1n) is 11.6. The van der Waals surface area contributed by atoms with Crippen molar-refractivity contribution in [1.82, 2.24) is 4.98 Å². The normalized spacial score (nSPS) is 11.6. The largest absolute Gasteiger partial charge is 2.00 e. The molecule has 5 rings (SSSR count). The molecule has 10 nitrogen and oxygen atoms in total. The minimum absolute atomic E-state index is 0. The summed E-state index contributed by atoms with van der Waals surface area (Å²) in [5.41, 5.74) is 4.18. The molecule has 0 unspecified atom stereocenters. The number of pyridine rings is 1. The van der Waals surface area contributed by atoms with Crippen molar-refractivity contribution in [1.29, 1.82) is 0 Å². The van der Waals surface area contributed by atoms with Gasteiger partial charge in [0.1, 0.15) is 5.58 Å². The number of fused-ring (bicyclic) bond motifs is 1. The average molecular weight is 621 g/mol. The molecule has 211 valence electrons. The van der Waals surface area contributed by atoms with Crippen LogP contribution in [0.3, 0.4) is 0 Å². The van der Waals surface area contributed by atoms with E-state index in [-0.39, 0.29) is 34.0 Å². The van der Waals surface area contributed by atoms with Crippen LogP contribution in [-0.4, -0.2) is 16.9 Å². The fraction of sp³-hybridized carbons (Fsp3) is 0.0345. The third-order valence-corrected chi connectivity index (χ3v) is 5.52. The summed E-state index contributed by atoms with van der Waals surface area (Å²) < 4.78 is 39.3. The zero-order valence-electron chi connectivity index (χ0n) is 21.2. The van der Waals surface area contributed by atoms with Crippen molar-refractivity contribution >= 4 is 34.3 Å². The Morgan fingerprint density at radius 1 is 0.878 bits per heavy atom. The smallest absolute Gasteiger partial charge is 0.872 e. The standard InChI is InChI=1S/C29H21N3O3.ClHO4.Cu/c1-19-17-27(34)35-29-21(19)14-15-26(33)22(29)18-31-23-11-5-6-12-24(23)32-28(20-9-3-2-4-10-20)25-13-7-8-16-30-25;2-1(3,4)5;/h2-18,33H,1H3;(H,2,3,4,5);/q;;+2/p-2. The molecule has 5 aromatic rings. The van der Waals surface area contributed by atoms with Crippen LogP contribution >= 0.6 is 0 Å². The Morgan fingerprint density at radius 3 is 2.17 bits per heavy atom. The monoisotopic (exact) mass is 620 g/mol. The average Bonchev–Trinajstić information content (AvgIpc) is 2.92. The van der Waals surface area contributed by atoms with Crippen LogP contribution in [-0.2, 0) is 17.1 Å². The van der Waals surface area contributed by atoms with Crippen LogP contribution in [0, 0.1) is 17.2 Å². The van der Waals surface area contributed by atoms with E-state index in [1.807, 2.05) is 72.8 Å². The quantitative estimate of drug-likeness (QED) is 0.156. The summed E-state index contributed by atoms with van der Waals surface area (Å²) in [6.07, 6.45) is 3.16. The van der Waals surface area contributed by atoms with Crippen LogP contribution < -0.4 is 29.4 Å². The van der Waals surface area contributed by atoms with Crippen LogP contribution in [0.5, 0.6) is 5.75 Å². The van der Waals surface area contributed by atoms with Gasteiger partial charge >= 0.3 is 22.7 Å². The van der Waals surface area contributed by atoms with Crippen LogP contribution in [0.15, 0.2) is 116 Å². The van der Waals surface area contributed by atoms with Crippen molar-refractivity contribution in [3.8, 4) is 5.75 Å². The van der Waals surface area contributed by atoms with Crippen molar-refractivity contribution < 1.29 is 55.5 Å². The number of benzene rings is 3. The maximum Gasteiger partial charge on any atom is 2.00 e. The molecule has 12 heteroatoms. The molecule has 0 aliphatic rings. The van der Waals surface area contributed by atoms with E-state index in [1.54, 1.807) is 19.2 Å². The molecule has 41 heavy (non-hydrogen) atoms. The fourth-order valence-corrected chi connectivity index (χ4v) is 3.80. The summed E-state index contributed by atoms with van der Waals surface area (Å²) in [5, 5.41) is 13.3. The number of aryl methyl sites for hydroxylation is 1. The third kappa shape index (κ3) is 8.65. The van der Waals surface area contributed by atoms with Gasteiger partial charge in [-0.1, -0.05) is 66.4 Å². The summed E-state index contributed by atoms with van der Waals surface area (Å²) in [6, 6.07) is 27.4. The van der Waals surface area contributed by atoms with Gasteiger partial charge in [-0.25, -0.2) is 28.4 Å². The number of hydrogen-bond acceptors (Lipinski definition) is 10. The Morgan fingerprint density at radius 2 is 1.51 bits per heavy atom. The molecule has 2 heterocycles. The number of aromatic nitrogens is 1. The molecule has 2 aromatic heterocycles. The van der Waals surface area contributed by atoms with Gasteiger partial charge in [0.05, 0.1) is 22.8 Å². The van der Waals surface area contributed by atoms with E-state index in [4.69, 9.17) is 28.0 Å². The molecule has 3 aromatic carbocycles. The Balaban J connectivity index is 0.000000711. The molecule has 0 saturated carbocycles. The summed E-state index contributed by atoms with van der Waals surface area (Å²) in [6.45, 7) is 1.80. The van der Waals surface area contributed by atoms with E-state index < -0.39 is 15.9 Å². The number of rotatable bonds is 5. The number of hydrogen-bond donors (Lipinski definition) is 0. The summed E-state index contributed by atoms with van der Waals surface area (Å²) >= 11 is 0. The second-order valence-corrected chi connectivity index (χ2v) is 9.02. The second-order valence-electron chi connectivity index (χ2n) is 8.27. The number of halogens is 1. The van der Waals surface area contributed by atoms with Crippen LogP contribution in [0.1, 0.15) is 22.4 Å². The zero-order valence-corrected chi connectivity index (χ0v) is 22.9. The van der Waals surface area contributed by atoms with E-state index in [0.717, 1.165) is 16.8 Å². The Bertz CT molecular complexity index is 1690. The second kappa shape index (κ2) is 13.9. The zero-order chi connectivity index (χ0) is 28.7. The van der Waals surface area contributed by atoms with Crippen molar-refractivity contribution in [2.45, 2.75) is 6.92 Å². The van der Waals surface area contributed by atoms with Gasteiger partial charge in [0.25, 0.3) is 0 Å². The van der Waals surface area contributed by atoms with E-state index in [9.17, 15) is 9.90 Å². The molecule has 0 aliphatic carbocycles. The van der Waals surface area contributed by atoms with Gasteiger partial charge in [-0.2, -0.15) is 0 Å². The summed E-state index contributed by atoms with van der Waals surface area (Å²) in [5.74, 6) is -0.283. The Hall–Kier alpha value is -4.19. The molecule has 0 spiro atoms. The topological polar surface area (TPSA) is 183 Å². The summed E-state index contributed by atoms with van der Waals surface area (Å²) in [7, 11) is -4.94. The molecule has 0 fully saturated rings. The number of aliphatic imine (C=N–C) groups is 2. The first-order chi connectivity index (χ1) is 19.1. The molecule has 0 amide bonds. The van der Waals surface area contributed by atoms with Crippen molar-refractivity contribution in [2.75, 3.05) is 0 Å². The van der Waals surface area contributed by atoms with E-state index in [0.29, 0.717) is 22.5 Å². The van der Waals surface area contributed by atoms with Crippen LogP contribution in [0.2, 0.25) is 0 Å². The first-order valence-corrected chi connectivity index (χ1v) is 12.9. The molecular formula is C29H20ClCuN3O7. The van der Waals surface area contributed by atoms with Gasteiger partial charge in [0, 0.05) is 35.0 Å². The van der Waals surface area contributed by atoms with Crippen LogP contribution in [0.4, 0.5) is 11.4 Å². The predicted molar refractivity (Wildman–Crippen MR) is 136 cm³/mol. The number of para-hydroxylation sites is 2. The van der Waals surface area contributed by atoms with Crippen molar-refractivity contribution in [2.24, 2.45) is 9.98 Å². The van der Waals surface area contributed by atoms with Gasteiger partial charge < -0.3 is 9.52 Å². The minimum atomic E-state index is -4.94. The predicted octanol–water partition coefficient (Wildman–Crippen LogP) is 0.731.